The van der Waals surface area contributed by atoms with E-state index in [1.54, 1.807) is 0 Å². The first-order valence-corrected chi connectivity index (χ1v) is 6.92. The number of esters is 1. The molecule has 2 rings (SSSR count). The van der Waals surface area contributed by atoms with Gasteiger partial charge in [0.05, 0.1) is 7.11 Å². The lowest BCUT2D eigenvalue weighted by atomic mass is 10.0. The zero-order valence-corrected chi connectivity index (χ0v) is 11.8. The van der Waals surface area contributed by atoms with Gasteiger partial charge in [-0.05, 0) is 30.5 Å². The summed E-state index contributed by atoms with van der Waals surface area (Å²) in [6, 6.07) is 5.76. The van der Waals surface area contributed by atoms with Crippen LogP contribution in [0.4, 0.5) is 0 Å². The Labute approximate surface area is 119 Å². The van der Waals surface area contributed by atoms with Gasteiger partial charge in [-0.1, -0.05) is 12.5 Å². The van der Waals surface area contributed by atoms with Crippen LogP contribution in [0.25, 0.3) is 0 Å². The average molecular weight is 279 g/mol. The second kappa shape index (κ2) is 7.14. The number of ether oxygens (including phenoxy) is 3. The van der Waals surface area contributed by atoms with Crippen molar-refractivity contribution in [3.8, 4) is 11.5 Å². The normalized spacial score (nSPS) is 14.7. The highest BCUT2D eigenvalue weighted by Crippen LogP contribution is 2.33. The third kappa shape index (κ3) is 3.87. The number of nitrogens with two attached hydrogens (primary N) is 1. The molecule has 0 aliphatic carbocycles. The highest BCUT2D eigenvalue weighted by atomic mass is 16.6. The standard InChI is InChI=1S/C15H21NO4/c1-18-15(17)5-3-2-4-12(16)11-6-7-13-14(10-11)20-9-8-19-13/h6-7,10,12H,2-5,8-9,16H2,1H3. The van der Waals surface area contributed by atoms with E-state index in [0.717, 1.165) is 36.3 Å². The van der Waals surface area contributed by atoms with Crippen LogP contribution < -0.4 is 15.2 Å². The van der Waals surface area contributed by atoms with E-state index in [9.17, 15) is 4.79 Å². The molecule has 0 aromatic heterocycles. The first-order valence-electron chi connectivity index (χ1n) is 6.92. The summed E-state index contributed by atoms with van der Waals surface area (Å²) in [4.78, 5) is 11.0. The molecule has 0 spiro atoms. The predicted molar refractivity (Wildman–Crippen MR) is 74.8 cm³/mol. The molecule has 1 aromatic rings. The molecule has 0 saturated carbocycles. The van der Waals surface area contributed by atoms with Crippen LogP contribution in [0.15, 0.2) is 18.2 Å². The summed E-state index contributed by atoms with van der Waals surface area (Å²) in [7, 11) is 1.41. The number of benzene rings is 1. The summed E-state index contributed by atoms with van der Waals surface area (Å²) in [5.41, 5.74) is 7.20. The Bertz CT molecular complexity index is 461. The van der Waals surface area contributed by atoms with Crippen LogP contribution >= 0.6 is 0 Å². The third-order valence-corrected chi connectivity index (χ3v) is 3.37. The molecule has 1 aromatic carbocycles. The van der Waals surface area contributed by atoms with Crippen LogP contribution in [-0.4, -0.2) is 26.3 Å². The number of rotatable bonds is 6. The SMILES string of the molecule is COC(=O)CCCCC(N)c1ccc2c(c1)OCCO2. The van der Waals surface area contributed by atoms with Crippen molar-refractivity contribution in [2.75, 3.05) is 20.3 Å². The number of methoxy groups -OCH3 is 1. The van der Waals surface area contributed by atoms with E-state index in [1.807, 2.05) is 18.2 Å². The maximum Gasteiger partial charge on any atom is 0.305 e. The van der Waals surface area contributed by atoms with Crippen molar-refractivity contribution in [1.29, 1.82) is 0 Å². The van der Waals surface area contributed by atoms with Crippen molar-refractivity contribution in [2.45, 2.75) is 31.7 Å². The fourth-order valence-corrected chi connectivity index (χ4v) is 2.19. The molecule has 20 heavy (non-hydrogen) atoms. The van der Waals surface area contributed by atoms with Gasteiger partial charge in [-0.2, -0.15) is 0 Å². The Balaban J connectivity index is 1.83. The van der Waals surface area contributed by atoms with E-state index in [0.29, 0.717) is 19.6 Å². The smallest absolute Gasteiger partial charge is 0.305 e. The molecule has 0 radical (unpaired) electrons. The van der Waals surface area contributed by atoms with E-state index in [2.05, 4.69) is 4.74 Å². The van der Waals surface area contributed by atoms with Crippen molar-refractivity contribution in [1.82, 2.24) is 0 Å². The molecular weight excluding hydrogens is 258 g/mol. The highest BCUT2D eigenvalue weighted by molar-refractivity contribution is 5.68. The van der Waals surface area contributed by atoms with Gasteiger partial charge in [0.25, 0.3) is 0 Å². The Morgan fingerprint density at radius 1 is 1.30 bits per heavy atom. The maximum absolute atomic E-state index is 11.0. The number of fused-ring (bicyclic) bond motifs is 1. The second-order valence-corrected chi connectivity index (χ2v) is 4.83. The van der Waals surface area contributed by atoms with Gasteiger partial charge in [0.1, 0.15) is 13.2 Å². The Morgan fingerprint density at radius 2 is 2.05 bits per heavy atom. The van der Waals surface area contributed by atoms with Gasteiger partial charge in [-0.3, -0.25) is 4.79 Å². The molecule has 1 aliphatic heterocycles. The van der Waals surface area contributed by atoms with E-state index < -0.39 is 0 Å². The summed E-state index contributed by atoms with van der Waals surface area (Å²) in [6.45, 7) is 1.16. The number of hydrogen-bond donors (Lipinski definition) is 1. The molecule has 1 atom stereocenters. The molecule has 0 amide bonds. The predicted octanol–water partition coefficient (Wildman–Crippen LogP) is 2.19. The van der Waals surface area contributed by atoms with Gasteiger partial charge in [0, 0.05) is 12.5 Å². The van der Waals surface area contributed by atoms with E-state index in [1.165, 1.54) is 7.11 Å². The number of hydrogen-bond acceptors (Lipinski definition) is 5. The fraction of sp³-hybridized carbons (Fsp3) is 0.533. The summed E-state index contributed by atoms with van der Waals surface area (Å²) in [5.74, 6) is 1.37. The molecule has 110 valence electrons. The molecule has 5 nitrogen and oxygen atoms in total. The van der Waals surface area contributed by atoms with E-state index in [-0.39, 0.29) is 12.0 Å². The molecule has 2 N–H and O–H groups in total. The fourth-order valence-electron chi connectivity index (χ4n) is 2.19. The van der Waals surface area contributed by atoms with Crippen LogP contribution in [0, 0.1) is 0 Å². The third-order valence-electron chi connectivity index (χ3n) is 3.37. The molecule has 1 heterocycles. The average Bonchev–Trinajstić information content (AvgIpc) is 2.50. The molecule has 1 unspecified atom stereocenters. The topological polar surface area (TPSA) is 70.8 Å². The maximum atomic E-state index is 11.0. The zero-order valence-electron chi connectivity index (χ0n) is 11.8. The second-order valence-electron chi connectivity index (χ2n) is 4.83. The van der Waals surface area contributed by atoms with Gasteiger partial charge in [0.2, 0.25) is 0 Å². The minimum Gasteiger partial charge on any atom is -0.486 e. The van der Waals surface area contributed by atoms with Crippen LogP contribution in [0.5, 0.6) is 11.5 Å². The number of carbonyl (C=O) groups excluding carboxylic acids is 1. The lowest BCUT2D eigenvalue weighted by Crippen LogP contribution is -2.16. The van der Waals surface area contributed by atoms with Crippen LogP contribution in [0.3, 0.4) is 0 Å². The summed E-state index contributed by atoms with van der Waals surface area (Å²) < 4.78 is 15.6. The summed E-state index contributed by atoms with van der Waals surface area (Å²) in [5, 5.41) is 0. The Morgan fingerprint density at radius 3 is 2.80 bits per heavy atom. The molecule has 0 saturated heterocycles. The minimum absolute atomic E-state index is 0.0523. The quantitative estimate of drug-likeness (QED) is 0.638. The number of unbranched alkanes of at least 4 members (excludes halogenated alkanes) is 1. The molecule has 5 heteroatoms. The van der Waals surface area contributed by atoms with Crippen LogP contribution in [-0.2, 0) is 9.53 Å². The first-order chi connectivity index (χ1) is 9.70. The zero-order chi connectivity index (χ0) is 14.4. The molecule has 0 bridgehead atoms. The lowest BCUT2D eigenvalue weighted by Gasteiger charge is -2.20. The van der Waals surface area contributed by atoms with Crippen molar-refractivity contribution >= 4 is 5.97 Å². The summed E-state index contributed by atoms with van der Waals surface area (Å²) in [6.07, 6.45) is 2.97. The van der Waals surface area contributed by atoms with Crippen molar-refractivity contribution in [3.63, 3.8) is 0 Å². The van der Waals surface area contributed by atoms with Crippen LogP contribution in [0.1, 0.15) is 37.3 Å². The van der Waals surface area contributed by atoms with Crippen molar-refractivity contribution in [2.24, 2.45) is 5.73 Å². The van der Waals surface area contributed by atoms with Gasteiger partial charge < -0.3 is 19.9 Å². The van der Waals surface area contributed by atoms with E-state index in [4.69, 9.17) is 15.2 Å². The highest BCUT2D eigenvalue weighted by Gasteiger charge is 2.14. The van der Waals surface area contributed by atoms with E-state index >= 15 is 0 Å². The molecular formula is C15H21NO4. The van der Waals surface area contributed by atoms with Gasteiger partial charge in [-0.25, -0.2) is 0 Å². The molecule has 1 aliphatic rings. The summed E-state index contributed by atoms with van der Waals surface area (Å²) >= 11 is 0. The van der Waals surface area contributed by atoms with Gasteiger partial charge >= 0.3 is 5.97 Å². The molecule has 0 fully saturated rings. The van der Waals surface area contributed by atoms with Crippen molar-refractivity contribution in [3.05, 3.63) is 23.8 Å². The first kappa shape index (κ1) is 14.7. The van der Waals surface area contributed by atoms with Crippen molar-refractivity contribution < 1.29 is 19.0 Å². The van der Waals surface area contributed by atoms with Crippen LogP contribution in [0.2, 0.25) is 0 Å². The largest absolute Gasteiger partial charge is 0.486 e. The van der Waals surface area contributed by atoms with Gasteiger partial charge in [-0.15, -0.1) is 0 Å². The Kier molecular flexibility index (Phi) is 5.24. The van der Waals surface area contributed by atoms with Gasteiger partial charge in [0.15, 0.2) is 11.5 Å². The Hall–Kier alpha value is -1.75. The monoisotopic (exact) mass is 279 g/mol. The number of carbonyl (C=O) groups is 1. The lowest BCUT2D eigenvalue weighted by molar-refractivity contribution is -0.140. The minimum atomic E-state index is -0.169.